The molecule has 98 valence electrons. The van der Waals surface area contributed by atoms with Gasteiger partial charge in [0.05, 0.1) is 0 Å². The van der Waals surface area contributed by atoms with Crippen LogP contribution in [-0.4, -0.2) is 5.78 Å². The lowest BCUT2D eigenvalue weighted by atomic mass is 9.98. The number of aryl methyl sites for hydroxylation is 3. The molecule has 0 N–H and O–H groups in total. The second kappa shape index (κ2) is 5.83. The van der Waals surface area contributed by atoms with E-state index in [1.165, 1.54) is 16.7 Å². The molecule has 0 aliphatic heterocycles. The van der Waals surface area contributed by atoms with Crippen molar-refractivity contribution in [1.82, 2.24) is 0 Å². The van der Waals surface area contributed by atoms with Gasteiger partial charge in [-0.25, -0.2) is 0 Å². The van der Waals surface area contributed by atoms with E-state index in [9.17, 15) is 4.79 Å². The van der Waals surface area contributed by atoms with Crippen LogP contribution in [0.1, 0.15) is 27.8 Å². The zero-order valence-electron chi connectivity index (χ0n) is 11.9. The number of hydrogen-bond acceptors (Lipinski definition) is 1. The number of carbonyl (C=O) groups excluding carboxylic acids is 1. The fourth-order valence-electron chi connectivity index (χ4n) is 2.20. The Morgan fingerprint density at radius 2 is 1.47 bits per heavy atom. The van der Waals surface area contributed by atoms with Crippen molar-refractivity contribution >= 4 is 5.78 Å². The van der Waals surface area contributed by atoms with Gasteiger partial charge in [-0.3, -0.25) is 4.79 Å². The predicted molar refractivity (Wildman–Crippen MR) is 79.5 cm³/mol. The van der Waals surface area contributed by atoms with Crippen molar-refractivity contribution in [3.8, 4) is 0 Å². The van der Waals surface area contributed by atoms with E-state index in [2.05, 4.69) is 51.1 Å². The summed E-state index contributed by atoms with van der Waals surface area (Å²) in [6.45, 7) is 6.18. The summed E-state index contributed by atoms with van der Waals surface area (Å²) in [5, 5.41) is 0. The summed E-state index contributed by atoms with van der Waals surface area (Å²) < 4.78 is 0. The van der Waals surface area contributed by atoms with Gasteiger partial charge in [0.15, 0.2) is 0 Å². The third-order valence-electron chi connectivity index (χ3n) is 3.41. The smallest absolute Gasteiger partial charge is 0.141 e. The Kier molecular flexibility index (Phi) is 4.16. The van der Waals surface area contributed by atoms with Crippen LogP contribution in [0, 0.1) is 20.8 Å². The summed E-state index contributed by atoms with van der Waals surface area (Å²) >= 11 is 0. The third-order valence-corrected chi connectivity index (χ3v) is 3.41. The lowest BCUT2D eigenvalue weighted by Gasteiger charge is -2.07. The van der Waals surface area contributed by atoms with Crippen LogP contribution >= 0.6 is 0 Å². The highest BCUT2D eigenvalue weighted by Gasteiger charge is 2.07. The summed E-state index contributed by atoms with van der Waals surface area (Å²) in [5.74, 6) is 0.276. The molecule has 0 spiro atoms. The highest BCUT2D eigenvalue weighted by Crippen LogP contribution is 2.13. The number of hydrogen-bond donors (Lipinski definition) is 0. The third kappa shape index (κ3) is 3.78. The molecule has 0 atom stereocenters. The van der Waals surface area contributed by atoms with E-state index in [0.717, 1.165) is 11.1 Å². The van der Waals surface area contributed by atoms with Gasteiger partial charge in [-0.2, -0.15) is 0 Å². The molecule has 0 aromatic heterocycles. The van der Waals surface area contributed by atoms with E-state index >= 15 is 0 Å². The lowest BCUT2D eigenvalue weighted by molar-refractivity contribution is -0.117. The van der Waals surface area contributed by atoms with Gasteiger partial charge in [-0.05, 0) is 37.5 Å². The van der Waals surface area contributed by atoms with Crippen LogP contribution < -0.4 is 0 Å². The first kappa shape index (κ1) is 13.5. The predicted octanol–water partition coefficient (Wildman–Crippen LogP) is 3.97. The van der Waals surface area contributed by atoms with Gasteiger partial charge in [0.2, 0.25) is 0 Å². The maximum Gasteiger partial charge on any atom is 0.141 e. The van der Waals surface area contributed by atoms with Crippen LogP contribution in [0.3, 0.4) is 0 Å². The molecule has 0 amide bonds. The molecule has 0 fully saturated rings. The van der Waals surface area contributed by atoms with Gasteiger partial charge in [0.25, 0.3) is 0 Å². The molecule has 0 aliphatic rings. The molecule has 2 rings (SSSR count). The van der Waals surface area contributed by atoms with E-state index in [4.69, 9.17) is 0 Å². The summed E-state index contributed by atoms with van der Waals surface area (Å²) in [4.78, 5) is 12.1. The summed E-state index contributed by atoms with van der Waals surface area (Å²) in [6, 6.07) is 14.5. The minimum absolute atomic E-state index is 0.276. The Hall–Kier alpha value is -1.89. The number of benzene rings is 2. The van der Waals surface area contributed by atoms with Crippen molar-refractivity contribution in [2.24, 2.45) is 0 Å². The average molecular weight is 252 g/mol. The Labute approximate surface area is 115 Å². The molecular weight excluding hydrogens is 232 g/mol. The maximum atomic E-state index is 12.1. The van der Waals surface area contributed by atoms with Crippen LogP contribution in [0.5, 0.6) is 0 Å². The summed E-state index contributed by atoms with van der Waals surface area (Å²) in [7, 11) is 0. The van der Waals surface area contributed by atoms with Crippen molar-refractivity contribution < 1.29 is 4.79 Å². The highest BCUT2D eigenvalue weighted by atomic mass is 16.1. The second-order valence-corrected chi connectivity index (χ2v) is 5.31. The minimum atomic E-state index is 0.276. The van der Waals surface area contributed by atoms with Gasteiger partial charge in [-0.15, -0.1) is 0 Å². The minimum Gasteiger partial charge on any atom is -0.299 e. The van der Waals surface area contributed by atoms with E-state index in [1.807, 2.05) is 12.1 Å². The van der Waals surface area contributed by atoms with Crippen molar-refractivity contribution in [3.63, 3.8) is 0 Å². The monoisotopic (exact) mass is 252 g/mol. The normalized spacial score (nSPS) is 10.5. The van der Waals surface area contributed by atoms with Crippen molar-refractivity contribution in [2.45, 2.75) is 33.6 Å². The van der Waals surface area contributed by atoms with Crippen molar-refractivity contribution in [1.29, 1.82) is 0 Å². The van der Waals surface area contributed by atoms with Crippen LogP contribution in [-0.2, 0) is 17.6 Å². The highest BCUT2D eigenvalue weighted by molar-refractivity contribution is 5.83. The van der Waals surface area contributed by atoms with Gasteiger partial charge in [-0.1, -0.05) is 53.6 Å². The number of rotatable bonds is 4. The number of ketones is 1. The Bertz CT molecular complexity index is 579. The van der Waals surface area contributed by atoms with E-state index < -0.39 is 0 Å². The van der Waals surface area contributed by atoms with Crippen LogP contribution in [0.15, 0.2) is 42.5 Å². The number of Topliss-reactive ketones (excluding diaryl/α,β-unsaturated/α-hetero) is 1. The maximum absolute atomic E-state index is 12.1. The van der Waals surface area contributed by atoms with Gasteiger partial charge >= 0.3 is 0 Å². The Morgan fingerprint density at radius 3 is 2.16 bits per heavy atom. The molecule has 19 heavy (non-hydrogen) atoms. The van der Waals surface area contributed by atoms with Crippen LogP contribution in [0.25, 0.3) is 0 Å². The largest absolute Gasteiger partial charge is 0.299 e. The molecule has 0 unspecified atom stereocenters. The first-order valence-corrected chi connectivity index (χ1v) is 6.68. The summed E-state index contributed by atoms with van der Waals surface area (Å²) in [6.07, 6.45) is 1.05. The van der Waals surface area contributed by atoms with Crippen LogP contribution in [0.2, 0.25) is 0 Å². The van der Waals surface area contributed by atoms with Gasteiger partial charge < -0.3 is 0 Å². The first-order valence-electron chi connectivity index (χ1n) is 6.68. The van der Waals surface area contributed by atoms with Gasteiger partial charge in [0, 0.05) is 12.8 Å². The quantitative estimate of drug-likeness (QED) is 0.804. The molecule has 0 heterocycles. The molecule has 0 saturated heterocycles. The molecule has 2 aromatic rings. The molecule has 2 aromatic carbocycles. The Morgan fingerprint density at radius 1 is 0.842 bits per heavy atom. The molecule has 1 heteroatoms. The topological polar surface area (TPSA) is 17.1 Å². The standard InChI is InChI=1S/C18H20O/c1-13-5-8-16(9-6-13)11-18(19)12-17-10-14(2)4-7-15(17)3/h4-10H,11-12H2,1-3H3. The lowest BCUT2D eigenvalue weighted by Crippen LogP contribution is -2.07. The fourth-order valence-corrected chi connectivity index (χ4v) is 2.20. The molecule has 0 bridgehead atoms. The van der Waals surface area contributed by atoms with E-state index in [-0.39, 0.29) is 5.78 Å². The fraction of sp³-hybridized carbons (Fsp3) is 0.278. The van der Waals surface area contributed by atoms with Gasteiger partial charge in [0.1, 0.15) is 5.78 Å². The Balaban J connectivity index is 2.05. The SMILES string of the molecule is Cc1ccc(CC(=O)Cc2cc(C)ccc2C)cc1. The van der Waals surface area contributed by atoms with E-state index in [0.29, 0.717) is 12.8 Å². The van der Waals surface area contributed by atoms with Crippen LogP contribution in [0.4, 0.5) is 0 Å². The van der Waals surface area contributed by atoms with Crippen molar-refractivity contribution in [2.75, 3.05) is 0 Å². The zero-order chi connectivity index (χ0) is 13.8. The average Bonchev–Trinajstić information content (AvgIpc) is 2.37. The molecule has 0 radical (unpaired) electrons. The second-order valence-electron chi connectivity index (χ2n) is 5.31. The molecule has 0 saturated carbocycles. The summed E-state index contributed by atoms with van der Waals surface area (Å²) in [5.41, 5.74) is 5.88. The molecule has 1 nitrogen and oxygen atoms in total. The molecular formula is C18H20O. The zero-order valence-corrected chi connectivity index (χ0v) is 11.9. The molecule has 0 aliphatic carbocycles. The van der Waals surface area contributed by atoms with E-state index in [1.54, 1.807) is 0 Å². The number of carbonyl (C=O) groups is 1. The first-order chi connectivity index (χ1) is 9.04. The van der Waals surface area contributed by atoms with Crippen molar-refractivity contribution in [3.05, 3.63) is 70.3 Å².